The highest BCUT2D eigenvalue weighted by Gasteiger charge is 2.23. The predicted molar refractivity (Wildman–Crippen MR) is 73.9 cm³/mol. The largest absolute Gasteiger partial charge is 0.384 e. The van der Waals surface area contributed by atoms with Gasteiger partial charge in [0.05, 0.1) is 12.1 Å². The molecule has 0 spiro atoms. The maximum Gasteiger partial charge on any atom is 0.253 e. The highest BCUT2D eigenvalue weighted by atomic mass is 19.1. The minimum Gasteiger partial charge on any atom is -0.384 e. The number of rotatable bonds is 4. The fourth-order valence-electron chi connectivity index (χ4n) is 1.71. The molecule has 5 nitrogen and oxygen atoms in total. The molecule has 110 valence electrons. The monoisotopic (exact) mass is 290 g/mol. The van der Waals surface area contributed by atoms with E-state index < -0.39 is 11.7 Å². The second-order valence-corrected chi connectivity index (χ2v) is 4.67. The van der Waals surface area contributed by atoms with E-state index in [4.69, 9.17) is 5.11 Å². The summed E-state index contributed by atoms with van der Waals surface area (Å²) in [7, 11) is 0. The molecular formula is C15H15FN2O3. The number of aliphatic hydroxyl groups is 1. The normalized spacial score (nSPS) is 13.0. The van der Waals surface area contributed by atoms with Crippen molar-refractivity contribution in [1.29, 1.82) is 0 Å². The lowest BCUT2D eigenvalue weighted by molar-refractivity contribution is -0.120. The number of nitrogens with one attached hydrogen (secondary N) is 2. The van der Waals surface area contributed by atoms with Gasteiger partial charge in [0.15, 0.2) is 0 Å². The van der Waals surface area contributed by atoms with E-state index in [0.717, 1.165) is 18.9 Å². The summed E-state index contributed by atoms with van der Waals surface area (Å²) in [5.41, 5.74) is 0.334. The Morgan fingerprint density at radius 1 is 1.38 bits per heavy atom. The molecule has 2 rings (SSSR count). The zero-order chi connectivity index (χ0) is 15.2. The van der Waals surface area contributed by atoms with Crippen LogP contribution in [0.2, 0.25) is 0 Å². The summed E-state index contributed by atoms with van der Waals surface area (Å²) < 4.78 is 13.3. The summed E-state index contributed by atoms with van der Waals surface area (Å²) in [4.78, 5) is 23.5. The van der Waals surface area contributed by atoms with Crippen LogP contribution in [0, 0.1) is 17.7 Å². The SMILES string of the molecule is O=C(CNC(=O)c1cc(F)ccc1C#CCO)NC1CC1. The minimum absolute atomic E-state index is 0.0372. The molecule has 0 heterocycles. The van der Waals surface area contributed by atoms with E-state index in [9.17, 15) is 14.0 Å². The summed E-state index contributed by atoms with van der Waals surface area (Å²) in [5, 5.41) is 13.8. The van der Waals surface area contributed by atoms with Gasteiger partial charge in [0.2, 0.25) is 5.91 Å². The Bertz CT molecular complexity index is 615. The van der Waals surface area contributed by atoms with Crippen molar-refractivity contribution in [1.82, 2.24) is 10.6 Å². The molecule has 6 heteroatoms. The van der Waals surface area contributed by atoms with Gasteiger partial charge in [0.25, 0.3) is 5.91 Å². The number of carbonyl (C=O) groups excluding carboxylic acids is 2. The summed E-state index contributed by atoms with van der Waals surface area (Å²) in [6, 6.07) is 3.81. The predicted octanol–water partition coefficient (Wildman–Crippen LogP) is 0.178. The molecule has 1 saturated carbocycles. The van der Waals surface area contributed by atoms with E-state index in [-0.39, 0.29) is 30.7 Å². The van der Waals surface area contributed by atoms with E-state index in [1.807, 2.05) is 0 Å². The van der Waals surface area contributed by atoms with Gasteiger partial charge in [-0.1, -0.05) is 11.8 Å². The van der Waals surface area contributed by atoms with E-state index in [0.29, 0.717) is 5.56 Å². The molecule has 1 fully saturated rings. The van der Waals surface area contributed by atoms with Gasteiger partial charge in [0, 0.05) is 11.6 Å². The third-order valence-corrected chi connectivity index (χ3v) is 2.88. The van der Waals surface area contributed by atoms with Gasteiger partial charge in [-0.3, -0.25) is 9.59 Å². The molecule has 2 amide bonds. The molecule has 21 heavy (non-hydrogen) atoms. The van der Waals surface area contributed by atoms with Gasteiger partial charge < -0.3 is 15.7 Å². The van der Waals surface area contributed by atoms with Crippen molar-refractivity contribution < 1.29 is 19.1 Å². The second kappa shape index (κ2) is 6.86. The molecule has 0 unspecified atom stereocenters. The molecule has 1 aromatic rings. The van der Waals surface area contributed by atoms with Crippen molar-refractivity contribution in [2.24, 2.45) is 0 Å². The molecule has 0 atom stereocenters. The molecular weight excluding hydrogens is 275 g/mol. The number of hydrogen-bond acceptors (Lipinski definition) is 3. The van der Waals surface area contributed by atoms with Gasteiger partial charge in [-0.2, -0.15) is 0 Å². The van der Waals surface area contributed by atoms with Crippen molar-refractivity contribution in [3.8, 4) is 11.8 Å². The van der Waals surface area contributed by atoms with E-state index >= 15 is 0 Å². The van der Waals surface area contributed by atoms with Crippen LogP contribution in [0.4, 0.5) is 4.39 Å². The fourth-order valence-corrected chi connectivity index (χ4v) is 1.71. The molecule has 0 bridgehead atoms. The maximum absolute atomic E-state index is 13.3. The minimum atomic E-state index is -0.581. The Morgan fingerprint density at radius 2 is 2.14 bits per heavy atom. The van der Waals surface area contributed by atoms with Crippen molar-refractivity contribution in [3.05, 3.63) is 35.1 Å². The third-order valence-electron chi connectivity index (χ3n) is 2.88. The van der Waals surface area contributed by atoms with E-state index in [1.54, 1.807) is 0 Å². The molecule has 1 aliphatic rings. The van der Waals surface area contributed by atoms with Crippen molar-refractivity contribution >= 4 is 11.8 Å². The van der Waals surface area contributed by atoms with Crippen LogP contribution in [0.3, 0.4) is 0 Å². The lowest BCUT2D eigenvalue weighted by atomic mass is 10.1. The smallest absolute Gasteiger partial charge is 0.253 e. The third kappa shape index (κ3) is 4.58. The average molecular weight is 290 g/mol. The van der Waals surface area contributed by atoms with Gasteiger partial charge in [0.1, 0.15) is 12.4 Å². The Kier molecular flexibility index (Phi) is 4.90. The van der Waals surface area contributed by atoms with Crippen molar-refractivity contribution in [2.45, 2.75) is 18.9 Å². The molecule has 3 N–H and O–H groups in total. The van der Waals surface area contributed by atoms with Crippen LogP contribution in [0.5, 0.6) is 0 Å². The summed E-state index contributed by atoms with van der Waals surface area (Å²) >= 11 is 0. The lowest BCUT2D eigenvalue weighted by Gasteiger charge is -2.07. The highest BCUT2D eigenvalue weighted by molar-refractivity contribution is 5.98. The molecule has 0 aromatic heterocycles. The fraction of sp³-hybridized carbons (Fsp3) is 0.333. The first kappa shape index (κ1) is 15.0. The number of hydrogen-bond donors (Lipinski definition) is 3. The average Bonchev–Trinajstić information content (AvgIpc) is 3.27. The summed E-state index contributed by atoms with van der Waals surface area (Å²) in [6.45, 7) is -0.527. The Morgan fingerprint density at radius 3 is 2.81 bits per heavy atom. The number of benzene rings is 1. The Balaban J connectivity index is 2.02. The highest BCUT2D eigenvalue weighted by Crippen LogP contribution is 2.18. The maximum atomic E-state index is 13.3. The van der Waals surface area contributed by atoms with Gasteiger partial charge in [-0.25, -0.2) is 4.39 Å². The summed E-state index contributed by atoms with van der Waals surface area (Å²) in [5.74, 6) is 3.55. The zero-order valence-electron chi connectivity index (χ0n) is 11.3. The topological polar surface area (TPSA) is 78.4 Å². The van der Waals surface area contributed by atoms with Gasteiger partial charge in [-0.15, -0.1) is 0 Å². The van der Waals surface area contributed by atoms with Crippen LogP contribution in [0.25, 0.3) is 0 Å². The van der Waals surface area contributed by atoms with E-state index in [2.05, 4.69) is 22.5 Å². The van der Waals surface area contributed by atoms with Crippen LogP contribution in [-0.2, 0) is 4.79 Å². The molecule has 0 saturated heterocycles. The number of carbonyl (C=O) groups is 2. The van der Waals surface area contributed by atoms with Crippen LogP contribution >= 0.6 is 0 Å². The molecule has 0 aliphatic heterocycles. The quantitative estimate of drug-likeness (QED) is 0.692. The number of aliphatic hydroxyl groups excluding tert-OH is 1. The van der Waals surface area contributed by atoms with E-state index in [1.165, 1.54) is 12.1 Å². The molecule has 0 radical (unpaired) electrons. The first-order valence-electron chi connectivity index (χ1n) is 6.57. The Labute approximate surface area is 121 Å². The van der Waals surface area contributed by atoms with Crippen molar-refractivity contribution in [2.75, 3.05) is 13.2 Å². The Hall–Kier alpha value is -2.39. The summed E-state index contributed by atoms with van der Waals surface area (Å²) in [6.07, 6.45) is 1.93. The lowest BCUT2D eigenvalue weighted by Crippen LogP contribution is -2.38. The number of amides is 2. The second-order valence-electron chi connectivity index (χ2n) is 4.67. The van der Waals surface area contributed by atoms with Crippen molar-refractivity contribution in [3.63, 3.8) is 0 Å². The van der Waals surface area contributed by atoms with Gasteiger partial charge in [-0.05, 0) is 31.0 Å². The zero-order valence-corrected chi connectivity index (χ0v) is 11.3. The number of halogens is 1. The van der Waals surface area contributed by atoms with Crippen LogP contribution in [0.15, 0.2) is 18.2 Å². The first-order chi connectivity index (χ1) is 10.1. The van der Waals surface area contributed by atoms with Gasteiger partial charge >= 0.3 is 0 Å². The van der Waals surface area contributed by atoms with Crippen LogP contribution < -0.4 is 10.6 Å². The standard InChI is InChI=1S/C15H15FN2O3/c16-11-4-3-10(2-1-7-19)13(8-11)15(21)17-9-14(20)18-12-5-6-12/h3-4,8,12,19H,5-7,9H2,(H,17,21)(H,18,20). The molecule has 1 aliphatic carbocycles. The molecule has 1 aromatic carbocycles. The van der Waals surface area contributed by atoms with Crippen LogP contribution in [0.1, 0.15) is 28.8 Å². The first-order valence-corrected chi connectivity index (χ1v) is 6.57. The van der Waals surface area contributed by atoms with Crippen LogP contribution in [-0.4, -0.2) is 36.1 Å².